The number of nitrogens with one attached hydrogen (secondary N) is 1. The van der Waals surface area contributed by atoms with Crippen LogP contribution in [0, 0.1) is 0 Å². The summed E-state index contributed by atoms with van der Waals surface area (Å²) in [6, 6.07) is 0.291. The topological polar surface area (TPSA) is 47.5 Å². The Kier molecular flexibility index (Phi) is 2.68. The maximum absolute atomic E-state index is 10.5. The van der Waals surface area contributed by atoms with Crippen LogP contribution in [-0.4, -0.2) is 25.0 Å². The van der Waals surface area contributed by atoms with Crippen molar-refractivity contribution >= 4 is 5.90 Å². The summed E-state index contributed by atoms with van der Waals surface area (Å²) in [5, 5.41) is 13.7. The van der Waals surface area contributed by atoms with E-state index in [9.17, 15) is 5.11 Å². The quantitative estimate of drug-likeness (QED) is 0.396. The van der Waals surface area contributed by atoms with Gasteiger partial charge in [0.2, 0.25) is 0 Å². The first-order valence-corrected chi connectivity index (χ1v) is 3.71. The third-order valence-corrected chi connectivity index (χ3v) is 1.67. The molecule has 0 radical (unpaired) electrons. The third kappa shape index (κ3) is 2.35. The number of hydrogen-bond acceptors (Lipinski definition) is 3. The van der Waals surface area contributed by atoms with Gasteiger partial charge < -0.3 is 15.4 Å². The molecular weight excluding hydrogens is 128 g/mol. The molecule has 0 aromatic rings. The summed E-state index contributed by atoms with van der Waals surface area (Å²) in [5.74, 6) is -0.0353. The minimum Gasteiger partial charge on any atom is -0.862 e. The molecule has 1 N–H and O–H groups in total. The molecule has 3 heteroatoms. The average Bonchev–Trinajstić information content (AvgIpc) is 1.88. The number of piperidine rings is 1. The molecule has 3 nitrogen and oxygen atoms in total. The van der Waals surface area contributed by atoms with E-state index in [4.69, 9.17) is 0 Å². The van der Waals surface area contributed by atoms with E-state index in [0.29, 0.717) is 6.04 Å². The Morgan fingerprint density at radius 1 is 1.50 bits per heavy atom. The lowest BCUT2D eigenvalue weighted by Crippen LogP contribution is -2.31. The lowest BCUT2D eigenvalue weighted by molar-refractivity contribution is -0.216. The molecular formula is C7H13N2O-. The van der Waals surface area contributed by atoms with Gasteiger partial charge in [-0.25, -0.2) is 0 Å². The van der Waals surface area contributed by atoms with Gasteiger partial charge in [0.15, 0.2) is 0 Å². The molecule has 0 aliphatic carbocycles. The van der Waals surface area contributed by atoms with Crippen LogP contribution in [0.5, 0.6) is 0 Å². The highest BCUT2D eigenvalue weighted by Crippen LogP contribution is 2.05. The van der Waals surface area contributed by atoms with Gasteiger partial charge in [-0.1, -0.05) is 0 Å². The van der Waals surface area contributed by atoms with Gasteiger partial charge >= 0.3 is 0 Å². The summed E-state index contributed by atoms with van der Waals surface area (Å²) >= 11 is 0. The van der Waals surface area contributed by atoms with Crippen LogP contribution in [0.1, 0.15) is 19.8 Å². The molecule has 1 heterocycles. The zero-order chi connectivity index (χ0) is 7.40. The summed E-state index contributed by atoms with van der Waals surface area (Å²) < 4.78 is 0. The van der Waals surface area contributed by atoms with Crippen LogP contribution in [0.15, 0.2) is 4.99 Å². The number of aliphatic imine (C=N–C) groups is 1. The van der Waals surface area contributed by atoms with Crippen LogP contribution in [0.2, 0.25) is 0 Å². The molecule has 1 aliphatic rings. The zero-order valence-electron chi connectivity index (χ0n) is 6.26. The molecule has 0 spiro atoms. The summed E-state index contributed by atoms with van der Waals surface area (Å²) in [6.45, 7) is 3.52. The second kappa shape index (κ2) is 3.56. The first-order chi connectivity index (χ1) is 4.79. The van der Waals surface area contributed by atoms with Crippen molar-refractivity contribution < 1.29 is 5.11 Å². The van der Waals surface area contributed by atoms with Gasteiger partial charge in [0, 0.05) is 0 Å². The van der Waals surface area contributed by atoms with Gasteiger partial charge in [0.25, 0.3) is 0 Å². The molecule has 1 rings (SSSR count). The van der Waals surface area contributed by atoms with Crippen LogP contribution in [0.3, 0.4) is 0 Å². The number of hydrogen-bond donors (Lipinski definition) is 1. The van der Waals surface area contributed by atoms with Crippen molar-refractivity contribution in [3.8, 4) is 0 Å². The maximum Gasteiger partial charge on any atom is 0.0512 e. The highest BCUT2D eigenvalue weighted by molar-refractivity contribution is 5.68. The molecule has 0 aromatic heterocycles. The number of nitrogens with zero attached hydrogens (tertiary/aromatic N) is 1. The third-order valence-electron chi connectivity index (χ3n) is 1.67. The van der Waals surface area contributed by atoms with E-state index in [0.717, 1.165) is 25.9 Å². The second-order valence-corrected chi connectivity index (χ2v) is 2.63. The Labute approximate surface area is 61.2 Å². The molecule has 1 saturated heterocycles. The largest absolute Gasteiger partial charge is 0.862 e. The maximum atomic E-state index is 10.5. The van der Waals surface area contributed by atoms with Gasteiger partial charge in [-0.2, -0.15) is 0 Å². The Hall–Kier alpha value is -0.570. The van der Waals surface area contributed by atoms with Gasteiger partial charge in [0.05, 0.1) is 6.04 Å². The fourth-order valence-corrected chi connectivity index (χ4v) is 1.19. The molecule has 0 atom stereocenters. The van der Waals surface area contributed by atoms with Gasteiger partial charge in [-0.05, 0) is 38.8 Å². The first kappa shape index (κ1) is 7.54. The summed E-state index contributed by atoms with van der Waals surface area (Å²) in [7, 11) is 0. The van der Waals surface area contributed by atoms with Crippen LogP contribution >= 0.6 is 0 Å². The SMILES string of the molecule is CC([O-])=NC1CCNCC1. The predicted molar refractivity (Wildman–Crippen MR) is 39.0 cm³/mol. The molecule has 1 aliphatic heterocycles. The summed E-state index contributed by atoms with van der Waals surface area (Å²) in [4.78, 5) is 3.96. The fourth-order valence-electron chi connectivity index (χ4n) is 1.19. The molecule has 10 heavy (non-hydrogen) atoms. The number of rotatable bonds is 1. The standard InChI is InChI=1S/C7H14N2O/c1-6(10)9-7-2-4-8-5-3-7/h7-8H,2-5H2,1H3,(H,9,10)/p-1. The average molecular weight is 141 g/mol. The van der Waals surface area contributed by atoms with E-state index in [-0.39, 0.29) is 5.90 Å². The monoisotopic (exact) mass is 141 g/mol. The van der Waals surface area contributed by atoms with Gasteiger partial charge in [0.1, 0.15) is 0 Å². The Balaban J connectivity index is 2.33. The lowest BCUT2D eigenvalue weighted by Gasteiger charge is -2.20. The lowest BCUT2D eigenvalue weighted by atomic mass is 10.1. The van der Waals surface area contributed by atoms with E-state index in [1.165, 1.54) is 6.92 Å². The van der Waals surface area contributed by atoms with E-state index < -0.39 is 0 Å². The van der Waals surface area contributed by atoms with Crippen LogP contribution < -0.4 is 10.4 Å². The van der Waals surface area contributed by atoms with E-state index >= 15 is 0 Å². The highest BCUT2D eigenvalue weighted by Gasteiger charge is 2.09. The van der Waals surface area contributed by atoms with Crippen LogP contribution in [-0.2, 0) is 0 Å². The van der Waals surface area contributed by atoms with Crippen molar-refractivity contribution in [2.75, 3.05) is 13.1 Å². The molecule has 58 valence electrons. The van der Waals surface area contributed by atoms with Crippen molar-refractivity contribution in [1.29, 1.82) is 0 Å². The minimum absolute atomic E-state index is 0.0353. The van der Waals surface area contributed by atoms with Crippen molar-refractivity contribution in [1.82, 2.24) is 5.32 Å². The predicted octanol–water partition coefficient (Wildman–Crippen LogP) is -0.483. The van der Waals surface area contributed by atoms with Crippen LogP contribution in [0.4, 0.5) is 0 Å². The molecule has 0 amide bonds. The smallest absolute Gasteiger partial charge is 0.0512 e. The van der Waals surface area contributed by atoms with Crippen molar-refractivity contribution in [2.24, 2.45) is 4.99 Å². The second-order valence-electron chi connectivity index (χ2n) is 2.63. The Bertz CT molecular complexity index is 124. The van der Waals surface area contributed by atoms with Gasteiger partial charge in [-0.3, -0.25) is 0 Å². The molecule has 0 aromatic carbocycles. The van der Waals surface area contributed by atoms with Crippen LogP contribution in [0.25, 0.3) is 0 Å². The zero-order valence-corrected chi connectivity index (χ0v) is 6.26. The van der Waals surface area contributed by atoms with E-state index in [2.05, 4.69) is 10.3 Å². The van der Waals surface area contributed by atoms with E-state index in [1.807, 2.05) is 0 Å². The Morgan fingerprint density at radius 3 is 2.60 bits per heavy atom. The summed E-state index contributed by atoms with van der Waals surface area (Å²) in [6.07, 6.45) is 2.03. The summed E-state index contributed by atoms with van der Waals surface area (Å²) in [5.41, 5.74) is 0. The Morgan fingerprint density at radius 2 is 2.10 bits per heavy atom. The molecule has 0 bridgehead atoms. The first-order valence-electron chi connectivity index (χ1n) is 3.71. The normalized spacial score (nSPS) is 23.1. The molecule has 1 fully saturated rings. The highest BCUT2D eigenvalue weighted by atomic mass is 16.3. The minimum atomic E-state index is -0.0353. The molecule has 0 saturated carbocycles. The van der Waals surface area contributed by atoms with Gasteiger partial charge in [-0.15, -0.1) is 0 Å². The molecule has 0 unspecified atom stereocenters. The van der Waals surface area contributed by atoms with Crippen molar-refractivity contribution in [2.45, 2.75) is 25.8 Å². The van der Waals surface area contributed by atoms with Crippen molar-refractivity contribution in [3.05, 3.63) is 0 Å². The van der Waals surface area contributed by atoms with E-state index in [1.54, 1.807) is 0 Å². The van der Waals surface area contributed by atoms with Crippen molar-refractivity contribution in [3.63, 3.8) is 0 Å². The fraction of sp³-hybridized carbons (Fsp3) is 0.857.